The number of aromatic nitrogens is 2. The summed E-state index contributed by atoms with van der Waals surface area (Å²) in [6, 6.07) is 0.0884. The van der Waals surface area contributed by atoms with Crippen LogP contribution in [-0.2, 0) is 16.0 Å². The fourth-order valence-electron chi connectivity index (χ4n) is 4.53. The topological polar surface area (TPSA) is 116 Å². The van der Waals surface area contributed by atoms with Gasteiger partial charge in [0.25, 0.3) is 0 Å². The molecule has 8 nitrogen and oxygen atoms in total. The average molecular weight is 447 g/mol. The van der Waals surface area contributed by atoms with Crippen molar-refractivity contribution in [2.45, 2.75) is 89.4 Å². The molecule has 0 bridgehead atoms. The van der Waals surface area contributed by atoms with Gasteiger partial charge in [-0.25, -0.2) is 14.8 Å². The molecular formula is C22H30N4O4S. The Morgan fingerprint density at radius 2 is 1.94 bits per heavy atom. The lowest BCUT2D eigenvalue weighted by atomic mass is 9.93. The number of nitrogens with one attached hydrogen (secondary N) is 1. The number of nitrogens with zero attached hydrogens (tertiary/aromatic N) is 2. The summed E-state index contributed by atoms with van der Waals surface area (Å²) in [5, 5.41) is 3.90. The number of carbonyl (C=O) groups is 2. The number of fused-ring (bicyclic) bond motifs is 3. The van der Waals surface area contributed by atoms with Crippen LogP contribution in [-0.4, -0.2) is 39.7 Å². The molecule has 9 heteroatoms. The van der Waals surface area contributed by atoms with E-state index >= 15 is 0 Å². The van der Waals surface area contributed by atoms with Crippen molar-refractivity contribution in [1.29, 1.82) is 0 Å². The number of ether oxygens (including phenoxy) is 2. The second-order valence-electron chi connectivity index (χ2n) is 9.44. The van der Waals surface area contributed by atoms with E-state index in [4.69, 9.17) is 15.2 Å². The third kappa shape index (κ3) is 5.08. The molecule has 4 rings (SSSR count). The van der Waals surface area contributed by atoms with Gasteiger partial charge in [0, 0.05) is 17.3 Å². The minimum absolute atomic E-state index is 0.0290. The highest BCUT2D eigenvalue weighted by Gasteiger charge is 2.32. The van der Waals surface area contributed by atoms with Crippen molar-refractivity contribution in [2.75, 3.05) is 0 Å². The molecule has 0 aromatic carbocycles. The van der Waals surface area contributed by atoms with Crippen molar-refractivity contribution >= 4 is 33.6 Å². The molecule has 1 saturated carbocycles. The van der Waals surface area contributed by atoms with Gasteiger partial charge < -0.3 is 20.5 Å². The Labute approximate surface area is 185 Å². The molecule has 2 aliphatic carbocycles. The molecule has 0 spiro atoms. The van der Waals surface area contributed by atoms with Crippen molar-refractivity contribution in [1.82, 2.24) is 15.3 Å². The van der Waals surface area contributed by atoms with Crippen LogP contribution >= 0.6 is 11.3 Å². The smallest absolute Gasteiger partial charge is 0.407 e. The lowest BCUT2D eigenvalue weighted by Crippen LogP contribution is -2.42. The number of primary amides is 1. The maximum absolute atomic E-state index is 12.0. The summed E-state index contributed by atoms with van der Waals surface area (Å²) >= 11 is 1.66. The third-order valence-electron chi connectivity index (χ3n) is 5.82. The number of nitrogens with two attached hydrogens (primary N) is 1. The van der Waals surface area contributed by atoms with Crippen LogP contribution in [0.2, 0.25) is 0 Å². The minimum Gasteiger partial charge on any atom is -0.474 e. The first-order chi connectivity index (χ1) is 14.7. The Morgan fingerprint density at radius 3 is 2.61 bits per heavy atom. The molecular weight excluding hydrogens is 416 g/mol. The zero-order valence-electron chi connectivity index (χ0n) is 18.3. The zero-order valence-corrected chi connectivity index (χ0v) is 19.1. The van der Waals surface area contributed by atoms with Gasteiger partial charge in [0.15, 0.2) is 0 Å². The van der Waals surface area contributed by atoms with Gasteiger partial charge in [-0.05, 0) is 70.8 Å². The standard InChI is InChI=1S/C22H30N4O4S/c1-22(2,3)30-21(28)26-13-5-7-14(8-6-13)29-19-18-17-12(10-16(23)27)4-9-15(17)31-20(18)25-11-24-19/h11-14H,4-10H2,1-3H3,(H2,23,27)(H,26,28)/t12-,13?,14?/m1/s1. The predicted molar refractivity (Wildman–Crippen MR) is 118 cm³/mol. The molecule has 2 aliphatic rings. The van der Waals surface area contributed by atoms with Gasteiger partial charge in [-0.1, -0.05) is 0 Å². The molecule has 0 aliphatic heterocycles. The van der Waals surface area contributed by atoms with E-state index in [0.717, 1.165) is 54.3 Å². The van der Waals surface area contributed by atoms with E-state index < -0.39 is 5.60 Å². The summed E-state index contributed by atoms with van der Waals surface area (Å²) in [6.07, 6.45) is 6.70. The summed E-state index contributed by atoms with van der Waals surface area (Å²) in [7, 11) is 0. The summed E-state index contributed by atoms with van der Waals surface area (Å²) in [6.45, 7) is 5.57. The van der Waals surface area contributed by atoms with Crippen LogP contribution < -0.4 is 15.8 Å². The van der Waals surface area contributed by atoms with E-state index in [2.05, 4.69) is 15.3 Å². The third-order valence-corrected chi connectivity index (χ3v) is 6.99. The van der Waals surface area contributed by atoms with E-state index in [1.54, 1.807) is 17.7 Å². The highest BCUT2D eigenvalue weighted by Crippen LogP contribution is 2.47. The minimum atomic E-state index is -0.504. The Morgan fingerprint density at radius 1 is 1.19 bits per heavy atom. The van der Waals surface area contributed by atoms with Crippen molar-refractivity contribution in [3.8, 4) is 5.88 Å². The van der Waals surface area contributed by atoms with Gasteiger partial charge in [0.05, 0.1) is 5.39 Å². The number of rotatable bonds is 5. The van der Waals surface area contributed by atoms with Crippen LogP contribution in [0.4, 0.5) is 4.79 Å². The van der Waals surface area contributed by atoms with E-state index in [1.807, 2.05) is 20.8 Å². The van der Waals surface area contributed by atoms with Crippen molar-refractivity contribution in [3.63, 3.8) is 0 Å². The van der Waals surface area contributed by atoms with E-state index in [9.17, 15) is 9.59 Å². The molecule has 1 atom stereocenters. The van der Waals surface area contributed by atoms with Crippen molar-refractivity contribution in [2.24, 2.45) is 5.73 Å². The summed E-state index contributed by atoms with van der Waals surface area (Å²) in [4.78, 5) is 34.6. The summed E-state index contributed by atoms with van der Waals surface area (Å²) < 4.78 is 11.7. The van der Waals surface area contributed by atoms with E-state index in [0.29, 0.717) is 12.3 Å². The molecule has 2 amide bonds. The molecule has 2 aromatic rings. The number of alkyl carbamates (subject to hydrolysis) is 1. The molecule has 1 fully saturated rings. The quantitative estimate of drug-likeness (QED) is 0.721. The van der Waals surface area contributed by atoms with Gasteiger partial charge in [-0.15, -0.1) is 11.3 Å². The SMILES string of the molecule is CC(C)(C)OC(=O)NC1CCC(Oc2ncnc3sc4c(c23)[C@@H](CC(N)=O)CC4)CC1. The molecule has 3 N–H and O–H groups in total. The number of thiophene rings is 1. The first kappa shape index (κ1) is 21.8. The summed E-state index contributed by atoms with van der Waals surface area (Å²) in [5.41, 5.74) is 6.12. The first-order valence-corrected chi connectivity index (χ1v) is 11.7. The lowest BCUT2D eigenvalue weighted by molar-refractivity contribution is -0.118. The van der Waals surface area contributed by atoms with Crippen LogP contribution in [0.25, 0.3) is 10.2 Å². The van der Waals surface area contributed by atoms with Gasteiger partial charge in [-0.2, -0.15) is 0 Å². The zero-order chi connectivity index (χ0) is 22.2. The van der Waals surface area contributed by atoms with Crippen LogP contribution in [0, 0.1) is 0 Å². The van der Waals surface area contributed by atoms with Gasteiger partial charge >= 0.3 is 6.09 Å². The predicted octanol–water partition coefficient (Wildman–Crippen LogP) is 3.81. The molecule has 168 valence electrons. The average Bonchev–Trinajstić information content (AvgIpc) is 3.21. The lowest BCUT2D eigenvalue weighted by Gasteiger charge is -2.30. The first-order valence-electron chi connectivity index (χ1n) is 10.9. The highest BCUT2D eigenvalue weighted by molar-refractivity contribution is 7.19. The molecule has 0 saturated heterocycles. The molecule has 2 heterocycles. The summed E-state index contributed by atoms with van der Waals surface area (Å²) in [5.74, 6) is 0.429. The Hall–Kier alpha value is -2.42. The van der Waals surface area contributed by atoms with Crippen LogP contribution in [0.15, 0.2) is 6.33 Å². The number of amides is 2. The molecule has 2 aromatic heterocycles. The number of hydrogen-bond acceptors (Lipinski definition) is 7. The number of carbonyl (C=O) groups excluding carboxylic acids is 2. The maximum Gasteiger partial charge on any atom is 0.407 e. The van der Waals surface area contributed by atoms with Crippen LogP contribution in [0.1, 0.15) is 75.7 Å². The second kappa shape index (κ2) is 8.61. The van der Waals surface area contributed by atoms with Gasteiger partial charge in [0.1, 0.15) is 22.9 Å². The Bertz CT molecular complexity index is 976. The highest BCUT2D eigenvalue weighted by atomic mass is 32.1. The Balaban J connectivity index is 1.42. The van der Waals surface area contributed by atoms with Gasteiger partial charge in [-0.3, -0.25) is 4.79 Å². The number of aryl methyl sites for hydroxylation is 1. The molecule has 0 unspecified atom stereocenters. The monoisotopic (exact) mass is 446 g/mol. The van der Waals surface area contributed by atoms with E-state index in [-0.39, 0.29) is 30.1 Å². The molecule has 0 radical (unpaired) electrons. The Kier molecular flexibility index (Phi) is 6.05. The van der Waals surface area contributed by atoms with E-state index in [1.165, 1.54) is 4.88 Å². The van der Waals surface area contributed by atoms with Crippen molar-refractivity contribution in [3.05, 3.63) is 16.8 Å². The fraction of sp³-hybridized carbons (Fsp3) is 0.636. The number of hydrogen-bond donors (Lipinski definition) is 2. The van der Waals surface area contributed by atoms with Gasteiger partial charge in [0.2, 0.25) is 11.8 Å². The fourth-order valence-corrected chi connectivity index (χ4v) is 5.76. The largest absolute Gasteiger partial charge is 0.474 e. The maximum atomic E-state index is 12.0. The normalized spacial score (nSPS) is 23.4. The molecule has 31 heavy (non-hydrogen) atoms. The van der Waals surface area contributed by atoms with Crippen molar-refractivity contribution < 1.29 is 19.1 Å². The van der Waals surface area contributed by atoms with Crippen LogP contribution in [0.3, 0.4) is 0 Å². The van der Waals surface area contributed by atoms with Crippen LogP contribution in [0.5, 0.6) is 5.88 Å². The second-order valence-corrected chi connectivity index (χ2v) is 10.5.